The van der Waals surface area contributed by atoms with Crippen molar-refractivity contribution < 1.29 is 14.0 Å². The molecule has 0 unspecified atom stereocenters. The number of rotatable bonds is 4. The van der Waals surface area contributed by atoms with Crippen molar-refractivity contribution in [2.45, 2.75) is 38.5 Å². The third kappa shape index (κ3) is 2.59. The maximum absolute atomic E-state index is 13.2. The fraction of sp³-hybridized carbons (Fsp3) is 0.455. The molecule has 2 aromatic rings. The molecule has 1 heterocycles. The Balaban J connectivity index is 1.37. The number of furan rings is 1. The van der Waals surface area contributed by atoms with E-state index in [0.717, 1.165) is 48.3 Å². The number of hydrogen-bond donors (Lipinski definition) is 1. The van der Waals surface area contributed by atoms with E-state index >= 15 is 0 Å². The Hall–Kier alpha value is -2.36. The summed E-state index contributed by atoms with van der Waals surface area (Å²) in [6.07, 6.45) is 7.88. The van der Waals surface area contributed by atoms with Crippen LogP contribution in [0, 0.1) is 23.2 Å². The van der Waals surface area contributed by atoms with Crippen molar-refractivity contribution >= 4 is 17.9 Å². The quantitative estimate of drug-likeness (QED) is 0.798. The molecular weight excluding hydrogens is 326 g/mol. The number of nitrogens with one attached hydrogen (secondary N) is 1. The molecule has 4 aliphatic rings. The van der Waals surface area contributed by atoms with Crippen LogP contribution in [0.2, 0.25) is 0 Å². The highest BCUT2D eigenvalue weighted by atomic mass is 16.3. The van der Waals surface area contributed by atoms with E-state index in [1.165, 1.54) is 19.3 Å². The second-order valence-electron chi connectivity index (χ2n) is 8.55. The summed E-state index contributed by atoms with van der Waals surface area (Å²) in [4.78, 5) is 24.0. The van der Waals surface area contributed by atoms with Gasteiger partial charge in [0.1, 0.15) is 5.76 Å². The van der Waals surface area contributed by atoms with Crippen LogP contribution >= 0.6 is 0 Å². The van der Waals surface area contributed by atoms with E-state index in [-0.39, 0.29) is 11.3 Å². The predicted molar refractivity (Wildman–Crippen MR) is 98.8 cm³/mol. The van der Waals surface area contributed by atoms with E-state index in [9.17, 15) is 9.59 Å². The first-order chi connectivity index (χ1) is 12.6. The van der Waals surface area contributed by atoms with Gasteiger partial charge in [-0.2, -0.15) is 0 Å². The normalized spacial score (nSPS) is 31.8. The van der Waals surface area contributed by atoms with Crippen molar-refractivity contribution in [2.24, 2.45) is 23.2 Å². The van der Waals surface area contributed by atoms with Crippen LogP contribution in [0.15, 0.2) is 40.8 Å². The number of amides is 1. The molecule has 4 saturated carbocycles. The molecule has 1 N–H and O–H groups in total. The first kappa shape index (κ1) is 15.9. The van der Waals surface area contributed by atoms with Crippen molar-refractivity contribution in [1.82, 2.24) is 0 Å². The number of hydrogen-bond acceptors (Lipinski definition) is 3. The Bertz CT molecular complexity index is 830. The first-order valence-electron chi connectivity index (χ1n) is 9.60. The van der Waals surface area contributed by atoms with Gasteiger partial charge in [0.25, 0.3) is 0 Å². The van der Waals surface area contributed by atoms with Gasteiger partial charge in [-0.05, 0) is 80.5 Å². The molecule has 0 radical (unpaired) electrons. The summed E-state index contributed by atoms with van der Waals surface area (Å²) in [6.45, 7) is 0. The molecule has 4 aliphatic carbocycles. The molecule has 6 rings (SSSR count). The lowest BCUT2D eigenvalue weighted by molar-refractivity contribution is -0.140. The lowest BCUT2D eigenvalue weighted by atomic mass is 9.49. The molecule has 1 aromatic heterocycles. The number of carbonyl (C=O) groups is 2. The summed E-state index contributed by atoms with van der Waals surface area (Å²) in [5.41, 5.74) is 1.51. The maximum Gasteiger partial charge on any atom is 0.230 e. The molecule has 0 atom stereocenters. The van der Waals surface area contributed by atoms with E-state index in [1.54, 1.807) is 12.1 Å². The fourth-order valence-corrected chi connectivity index (χ4v) is 5.97. The van der Waals surface area contributed by atoms with Crippen LogP contribution < -0.4 is 5.32 Å². The van der Waals surface area contributed by atoms with Crippen LogP contribution in [0.1, 0.15) is 49.1 Å². The lowest BCUT2D eigenvalue weighted by Crippen LogP contribution is -2.51. The van der Waals surface area contributed by atoms with Gasteiger partial charge < -0.3 is 9.73 Å². The summed E-state index contributed by atoms with van der Waals surface area (Å²) in [6, 6.07) is 11.1. The van der Waals surface area contributed by atoms with Gasteiger partial charge in [-0.1, -0.05) is 12.1 Å². The summed E-state index contributed by atoms with van der Waals surface area (Å²) < 4.78 is 5.50. The molecular formula is C22H23NO3. The SMILES string of the molecule is O=Cc1ccc(-c2cccc(NC(=O)C34CC5CC(CC(C5)C3)C4)c2)o1. The minimum absolute atomic E-state index is 0.153. The van der Waals surface area contributed by atoms with Gasteiger partial charge in [-0.3, -0.25) is 9.59 Å². The fourth-order valence-electron chi connectivity index (χ4n) is 5.97. The third-order valence-electron chi connectivity index (χ3n) is 6.67. The monoisotopic (exact) mass is 349 g/mol. The van der Waals surface area contributed by atoms with E-state index in [1.807, 2.05) is 24.3 Å². The largest absolute Gasteiger partial charge is 0.453 e. The van der Waals surface area contributed by atoms with Crippen molar-refractivity contribution in [3.05, 3.63) is 42.2 Å². The van der Waals surface area contributed by atoms with Gasteiger partial charge in [0.15, 0.2) is 12.0 Å². The zero-order valence-electron chi connectivity index (χ0n) is 14.7. The van der Waals surface area contributed by atoms with Gasteiger partial charge in [-0.25, -0.2) is 0 Å². The minimum Gasteiger partial charge on any atom is -0.453 e. The molecule has 134 valence electrons. The van der Waals surface area contributed by atoms with Crippen molar-refractivity contribution in [1.29, 1.82) is 0 Å². The van der Waals surface area contributed by atoms with Crippen LogP contribution in [0.3, 0.4) is 0 Å². The molecule has 4 heteroatoms. The Labute approximate surface area is 153 Å². The van der Waals surface area contributed by atoms with Crippen LogP contribution in [-0.4, -0.2) is 12.2 Å². The van der Waals surface area contributed by atoms with Gasteiger partial charge >= 0.3 is 0 Å². The van der Waals surface area contributed by atoms with Crippen LogP contribution in [-0.2, 0) is 4.79 Å². The average Bonchev–Trinajstić information content (AvgIpc) is 3.10. The van der Waals surface area contributed by atoms with Crippen LogP contribution in [0.4, 0.5) is 5.69 Å². The summed E-state index contributed by atoms with van der Waals surface area (Å²) >= 11 is 0. The summed E-state index contributed by atoms with van der Waals surface area (Å²) in [5.74, 6) is 3.40. The van der Waals surface area contributed by atoms with Crippen molar-refractivity contribution in [2.75, 3.05) is 5.32 Å². The van der Waals surface area contributed by atoms with E-state index in [0.29, 0.717) is 17.8 Å². The number of anilines is 1. The van der Waals surface area contributed by atoms with E-state index in [2.05, 4.69) is 5.32 Å². The second kappa shape index (κ2) is 5.83. The molecule has 1 aromatic carbocycles. The Kier molecular flexibility index (Phi) is 3.56. The topological polar surface area (TPSA) is 59.3 Å². The Morgan fingerprint density at radius 2 is 1.73 bits per heavy atom. The average molecular weight is 349 g/mol. The number of aldehydes is 1. The lowest BCUT2D eigenvalue weighted by Gasteiger charge is -2.55. The molecule has 4 fully saturated rings. The number of carbonyl (C=O) groups excluding carboxylic acids is 2. The van der Waals surface area contributed by atoms with E-state index < -0.39 is 0 Å². The van der Waals surface area contributed by atoms with Crippen molar-refractivity contribution in [3.8, 4) is 11.3 Å². The predicted octanol–water partition coefficient (Wildman–Crippen LogP) is 4.91. The van der Waals surface area contributed by atoms with Gasteiger partial charge in [0, 0.05) is 11.3 Å². The second-order valence-corrected chi connectivity index (χ2v) is 8.55. The smallest absolute Gasteiger partial charge is 0.230 e. The molecule has 4 nitrogen and oxygen atoms in total. The third-order valence-corrected chi connectivity index (χ3v) is 6.67. The summed E-state index contributed by atoms with van der Waals surface area (Å²) in [7, 11) is 0. The molecule has 0 spiro atoms. The molecule has 4 bridgehead atoms. The zero-order valence-corrected chi connectivity index (χ0v) is 14.7. The van der Waals surface area contributed by atoms with Crippen LogP contribution in [0.5, 0.6) is 0 Å². The van der Waals surface area contributed by atoms with E-state index in [4.69, 9.17) is 4.42 Å². The molecule has 0 saturated heterocycles. The van der Waals surface area contributed by atoms with Gasteiger partial charge in [0.05, 0.1) is 5.41 Å². The molecule has 1 amide bonds. The Morgan fingerprint density at radius 3 is 2.35 bits per heavy atom. The number of benzene rings is 1. The highest BCUT2D eigenvalue weighted by Crippen LogP contribution is 2.60. The Morgan fingerprint density at radius 1 is 1.04 bits per heavy atom. The minimum atomic E-state index is -0.153. The maximum atomic E-state index is 13.2. The standard InChI is InChI=1S/C22H23NO3/c24-13-19-4-5-20(26-19)17-2-1-3-18(9-17)23-21(25)22-10-14-6-15(11-22)8-16(7-14)12-22/h1-5,9,13-16H,6-8,10-12H2,(H,23,25). The highest BCUT2D eigenvalue weighted by molar-refractivity contribution is 5.96. The van der Waals surface area contributed by atoms with Gasteiger partial charge in [0.2, 0.25) is 5.91 Å². The zero-order chi connectivity index (χ0) is 17.7. The first-order valence-corrected chi connectivity index (χ1v) is 9.60. The summed E-state index contributed by atoms with van der Waals surface area (Å²) in [5, 5.41) is 3.18. The highest BCUT2D eigenvalue weighted by Gasteiger charge is 2.54. The van der Waals surface area contributed by atoms with Crippen LogP contribution in [0.25, 0.3) is 11.3 Å². The molecule has 0 aliphatic heterocycles. The van der Waals surface area contributed by atoms with Crippen molar-refractivity contribution in [3.63, 3.8) is 0 Å². The molecule has 26 heavy (non-hydrogen) atoms. The van der Waals surface area contributed by atoms with Gasteiger partial charge in [-0.15, -0.1) is 0 Å².